The minimum Gasteiger partial charge on any atom is -0.316 e. The van der Waals surface area contributed by atoms with Crippen LogP contribution in [0.2, 0.25) is 0 Å². The minimum absolute atomic E-state index is 0.225. The number of aryl methyl sites for hydroxylation is 1. The smallest absolute Gasteiger partial charge is 0.243 e. The number of sulfonamides is 1. The van der Waals surface area contributed by atoms with Gasteiger partial charge in [0.05, 0.1) is 4.90 Å². The fourth-order valence-corrected chi connectivity index (χ4v) is 4.98. The number of fused-ring (bicyclic) bond motifs is 1. The van der Waals surface area contributed by atoms with Crippen LogP contribution in [0.1, 0.15) is 12.0 Å². The molecule has 0 radical (unpaired) electrons. The average Bonchev–Trinajstić information content (AvgIpc) is 2.85. The molecular weight excluding hydrogens is 279 g/mol. The second kappa shape index (κ2) is 5.09. The van der Waals surface area contributed by atoms with Gasteiger partial charge in [0.15, 0.2) is 0 Å². The standard InChI is InChI=1S/C14H19FN2O2S/c1-10-6-13(15)2-3-14(10)20(18,19)17-5-4-11-7-16-8-12(11)9-17/h2-3,6,11-12,16H,4-5,7-9H2,1H3. The average molecular weight is 298 g/mol. The van der Waals surface area contributed by atoms with Crippen molar-refractivity contribution in [3.8, 4) is 0 Å². The Labute approximate surface area is 119 Å². The fourth-order valence-electron chi connectivity index (χ4n) is 3.26. The third-order valence-electron chi connectivity index (χ3n) is 4.42. The predicted octanol–water partition coefficient (Wildman–Crippen LogP) is 1.36. The molecule has 1 aromatic rings. The highest BCUT2D eigenvalue weighted by Crippen LogP contribution is 2.30. The highest BCUT2D eigenvalue weighted by atomic mass is 32.2. The van der Waals surface area contributed by atoms with Crippen molar-refractivity contribution in [2.24, 2.45) is 11.8 Å². The Morgan fingerprint density at radius 3 is 2.80 bits per heavy atom. The number of nitrogens with one attached hydrogen (secondary N) is 1. The summed E-state index contributed by atoms with van der Waals surface area (Å²) in [6.45, 7) is 4.64. The van der Waals surface area contributed by atoms with Crippen LogP contribution in [0.25, 0.3) is 0 Å². The summed E-state index contributed by atoms with van der Waals surface area (Å²) in [5.41, 5.74) is 0.469. The van der Waals surface area contributed by atoms with Gasteiger partial charge in [0.25, 0.3) is 0 Å². The summed E-state index contributed by atoms with van der Waals surface area (Å²) in [5.74, 6) is 0.593. The van der Waals surface area contributed by atoms with Crippen LogP contribution in [0.3, 0.4) is 0 Å². The first-order valence-corrected chi connectivity index (χ1v) is 8.39. The van der Waals surface area contributed by atoms with E-state index in [1.54, 1.807) is 11.2 Å². The largest absolute Gasteiger partial charge is 0.316 e. The number of hydrogen-bond donors (Lipinski definition) is 1. The third kappa shape index (κ3) is 2.36. The molecule has 110 valence electrons. The lowest BCUT2D eigenvalue weighted by molar-refractivity contribution is 0.228. The van der Waals surface area contributed by atoms with Gasteiger partial charge in [-0.2, -0.15) is 4.31 Å². The second-order valence-electron chi connectivity index (χ2n) is 5.74. The van der Waals surface area contributed by atoms with E-state index >= 15 is 0 Å². The van der Waals surface area contributed by atoms with E-state index in [0.29, 0.717) is 30.5 Å². The topological polar surface area (TPSA) is 49.4 Å². The number of nitrogens with zero attached hydrogens (tertiary/aromatic N) is 1. The Bertz CT molecular complexity index is 618. The summed E-state index contributed by atoms with van der Waals surface area (Å²) in [4.78, 5) is 0.225. The van der Waals surface area contributed by atoms with E-state index in [1.165, 1.54) is 18.2 Å². The van der Waals surface area contributed by atoms with E-state index in [2.05, 4.69) is 5.32 Å². The monoisotopic (exact) mass is 298 g/mol. The zero-order valence-corrected chi connectivity index (χ0v) is 12.3. The summed E-state index contributed by atoms with van der Waals surface area (Å²) < 4.78 is 40.1. The first-order valence-electron chi connectivity index (χ1n) is 6.95. The molecule has 0 amide bonds. The van der Waals surface area contributed by atoms with Crippen molar-refractivity contribution in [2.75, 3.05) is 26.2 Å². The third-order valence-corrected chi connectivity index (χ3v) is 6.45. The van der Waals surface area contributed by atoms with Crippen molar-refractivity contribution in [1.82, 2.24) is 9.62 Å². The zero-order chi connectivity index (χ0) is 14.3. The predicted molar refractivity (Wildman–Crippen MR) is 74.4 cm³/mol. The summed E-state index contributed by atoms with van der Waals surface area (Å²) in [7, 11) is -3.51. The molecule has 6 heteroatoms. The normalized spacial score (nSPS) is 27.5. The molecule has 2 aliphatic heterocycles. The van der Waals surface area contributed by atoms with E-state index in [0.717, 1.165) is 19.5 Å². The van der Waals surface area contributed by atoms with Crippen molar-refractivity contribution in [3.63, 3.8) is 0 Å². The van der Waals surface area contributed by atoms with Crippen LogP contribution in [0.4, 0.5) is 4.39 Å². The number of rotatable bonds is 2. The molecule has 2 saturated heterocycles. The van der Waals surface area contributed by atoms with Crippen molar-refractivity contribution in [1.29, 1.82) is 0 Å². The molecule has 0 saturated carbocycles. The summed E-state index contributed by atoms with van der Waals surface area (Å²) in [5, 5.41) is 3.32. The Hall–Kier alpha value is -0.980. The first kappa shape index (κ1) is 14.0. The molecule has 3 rings (SSSR count). The fraction of sp³-hybridized carbons (Fsp3) is 0.571. The van der Waals surface area contributed by atoms with Crippen LogP contribution in [-0.4, -0.2) is 38.9 Å². The van der Waals surface area contributed by atoms with Gasteiger partial charge in [-0.3, -0.25) is 0 Å². The van der Waals surface area contributed by atoms with Gasteiger partial charge in [-0.05, 0) is 62.0 Å². The van der Waals surface area contributed by atoms with Gasteiger partial charge in [-0.25, -0.2) is 12.8 Å². The molecule has 0 aromatic heterocycles. The van der Waals surface area contributed by atoms with E-state index in [1.807, 2.05) is 0 Å². The molecule has 0 spiro atoms. The van der Waals surface area contributed by atoms with E-state index in [9.17, 15) is 12.8 Å². The summed E-state index contributed by atoms with van der Waals surface area (Å²) >= 11 is 0. The molecule has 2 atom stereocenters. The summed E-state index contributed by atoms with van der Waals surface area (Å²) in [6.07, 6.45) is 0.900. The van der Waals surface area contributed by atoms with Crippen molar-refractivity contribution < 1.29 is 12.8 Å². The van der Waals surface area contributed by atoms with Gasteiger partial charge >= 0.3 is 0 Å². The lowest BCUT2D eigenvalue weighted by atomic mass is 9.90. The van der Waals surface area contributed by atoms with Gasteiger partial charge < -0.3 is 5.32 Å². The number of benzene rings is 1. The molecule has 1 aromatic carbocycles. The highest BCUT2D eigenvalue weighted by Gasteiger charge is 2.38. The lowest BCUT2D eigenvalue weighted by Gasteiger charge is -2.33. The van der Waals surface area contributed by atoms with Crippen LogP contribution in [0.15, 0.2) is 23.1 Å². The molecule has 0 bridgehead atoms. The van der Waals surface area contributed by atoms with Crippen LogP contribution >= 0.6 is 0 Å². The zero-order valence-electron chi connectivity index (χ0n) is 11.5. The van der Waals surface area contributed by atoms with Crippen LogP contribution < -0.4 is 5.32 Å². The first-order chi connectivity index (χ1) is 9.48. The van der Waals surface area contributed by atoms with Crippen molar-refractivity contribution in [3.05, 3.63) is 29.6 Å². The maximum Gasteiger partial charge on any atom is 0.243 e. The van der Waals surface area contributed by atoms with Crippen LogP contribution in [0.5, 0.6) is 0 Å². The Balaban J connectivity index is 1.88. The van der Waals surface area contributed by atoms with E-state index in [4.69, 9.17) is 0 Å². The quantitative estimate of drug-likeness (QED) is 0.897. The highest BCUT2D eigenvalue weighted by molar-refractivity contribution is 7.89. The maximum absolute atomic E-state index is 13.1. The lowest BCUT2D eigenvalue weighted by Crippen LogP contribution is -2.43. The number of halogens is 1. The molecule has 20 heavy (non-hydrogen) atoms. The SMILES string of the molecule is Cc1cc(F)ccc1S(=O)(=O)N1CCC2CNCC2C1. The molecular formula is C14H19FN2O2S. The summed E-state index contributed by atoms with van der Waals surface area (Å²) in [6, 6.07) is 3.86. The molecule has 2 fully saturated rings. The maximum atomic E-state index is 13.1. The van der Waals surface area contributed by atoms with Gasteiger partial charge in [0.1, 0.15) is 5.82 Å². The Morgan fingerprint density at radius 1 is 1.30 bits per heavy atom. The molecule has 2 unspecified atom stereocenters. The van der Waals surface area contributed by atoms with Gasteiger partial charge in [0, 0.05) is 13.1 Å². The molecule has 2 aliphatic rings. The van der Waals surface area contributed by atoms with Gasteiger partial charge in [-0.1, -0.05) is 0 Å². The van der Waals surface area contributed by atoms with Gasteiger partial charge in [-0.15, -0.1) is 0 Å². The van der Waals surface area contributed by atoms with E-state index in [-0.39, 0.29) is 4.90 Å². The molecule has 0 aliphatic carbocycles. The molecule has 1 N–H and O–H groups in total. The molecule has 4 nitrogen and oxygen atoms in total. The van der Waals surface area contributed by atoms with E-state index < -0.39 is 15.8 Å². The van der Waals surface area contributed by atoms with Crippen LogP contribution in [-0.2, 0) is 10.0 Å². The van der Waals surface area contributed by atoms with Crippen molar-refractivity contribution in [2.45, 2.75) is 18.2 Å². The number of piperidine rings is 1. The number of hydrogen-bond acceptors (Lipinski definition) is 3. The minimum atomic E-state index is -3.51. The second-order valence-corrected chi connectivity index (χ2v) is 7.65. The Morgan fingerprint density at radius 2 is 2.05 bits per heavy atom. The van der Waals surface area contributed by atoms with Gasteiger partial charge in [0.2, 0.25) is 10.0 Å². The Kier molecular flexibility index (Phi) is 3.56. The molecule has 2 heterocycles. The van der Waals surface area contributed by atoms with Crippen molar-refractivity contribution >= 4 is 10.0 Å². The van der Waals surface area contributed by atoms with Crippen LogP contribution in [0, 0.1) is 24.6 Å².